The fourth-order valence-electron chi connectivity index (χ4n) is 8.01. The Morgan fingerprint density at radius 2 is 1.15 bits per heavy atom. The van der Waals surface area contributed by atoms with Crippen LogP contribution in [0.15, 0.2) is 109 Å². The van der Waals surface area contributed by atoms with Crippen molar-refractivity contribution in [2.45, 2.75) is 66.2 Å². The number of rotatable bonds is 3. The average Bonchev–Trinajstić information content (AvgIpc) is 3.62. The van der Waals surface area contributed by atoms with Crippen molar-refractivity contribution in [3.05, 3.63) is 148 Å². The molecule has 0 radical (unpaired) electrons. The Balaban J connectivity index is 1.59. The van der Waals surface area contributed by atoms with Crippen molar-refractivity contribution in [2.24, 2.45) is 0 Å². The van der Waals surface area contributed by atoms with Crippen LogP contribution in [0.1, 0.15) is 69.4 Å². The van der Waals surface area contributed by atoms with Gasteiger partial charge in [-0.3, -0.25) is 0 Å². The van der Waals surface area contributed by atoms with Crippen LogP contribution in [0.25, 0.3) is 71.0 Å². The van der Waals surface area contributed by atoms with E-state index in [0.717, 1.165) is 55.3 Å². The third kappa shape index (κ3) is 5.02. The number of hydrogen-bond donors (Lipinski definition) is 0. The Morgan fingerprint density at radius 1 is 0.577 bits per heavy atom. The van der Waals surface area contributed by atoms with Gasteiger partial charge in [0.1, 0.15) is 0 Å². The van der Waals surface area contributed by atoms with E-state index in [-0.39, 0.29) is 10.8 Å². The van der Waals surface area contributed by atoms with Crippen LogP contribution in [0.4, 0.5) is 5.69 Å². The first-order valence-electron chi connectivity index (χ1n) is 18.0. The van der Waals surface area contributed by atoms with Crippen LogP contribution in [0, 0.1) is 31.8 Å². The van der Waals surface area contributed by atoms with Crippen LogP contribution < -0.4 is 0 Å². The summed E-state index contributed by atoms with van der Waals surface area (Å²) >= 11 is 0. The minimum absolute atomic E-state index is 0.00617. The summed E-state index contributed by atoms with van der Waals surface area (Å²) in [6.07, 6.45) is 0. The second-order valence-electron chi connectivity index (χ2n) is 16.2. The summed E-state index contributed by atoms with van der Waals surface area (Å²) < 4.78 is 4.77. The molecule has 8 aromatic rings. The predicted octanol–water partition coefficient (Wildman–Crippen LogP) is 13.2. The largest absolute Gasteiger partial charge is 0.309 e. The zero-order valence-electron chi connectivity index (χ0n) is 31.2. The van der Waals surface area contributed by atoms with Crippen LogP contribution in [-0.4, -0.2) is 9.13 Å². The highest BCUT2D eigenvalue weighted by atomic mass is 15.0. The average molecular weight is 675 g/mol. The predicted molar refractivity (Wildman–Crippen MR) is 218 cm³/mol. The number of nitriles is 1. The van der Waals surface area contributed by atoms with Crippen molar-refractivity contribution >= 4 is 49.3 Å². The number of fused-ring (bicyclic) bond motifs is 6. The first kappa shape index (κ1) is 33.1. The molecular formula is C48H42N4. The van der Waals surface area contributed by atoms with E-state index >= 15 is 0 Å². The Morgan fingerprint density at radius 3 is 1.73 bits per heavy atom. The van der Waals surface area contributed by atoms with E-state index in [1.165, 1.54) is 33.0 Å². The highest BCUT2D eigenvalue weighted by Gasteiger charge is 2.25. The number of para-hydroxylation sites is 3. The molecule has 4 nitrogen and oxygen atoms in total. The number of benzene rings is 6. The third-order valence-corrected chi connectivity index (χ3v) is 10.7. The zero-order valence-corrected chi connectivity index (χ0v) is 31.2. The Labute approximate surface area is 306 Å². The molecule has 0 bridgehead atoms. The zero-order chi connectivity index (χ0) is 36.7. The molecule has 0 N–H and O–H groups in total. The number of aromatic nitrogens is 2. The smallest absolute Gasteiger partial charge is 0.212 e. The summed E-state index contributed by atoms with van der Waals surface area (Å²) in [6.45, 7) is 26.2. The maximum Gasteiger partial charge on any atom is 0.212 e. The molecule has 254 valence electrons. The van der Waals surface area contributed by atoms with Gasteiger partial charge in [0, 0.05) is 27.2 Å². The van der Waals surface area contributed by atoms with Crippen molar-refractivity contribution in [3.63, 3.8) is 0 Å². The molecule has 52 heavy (non-hydrogen) atoms. The van der Waals surface area contributed by atoms with Gasteiger partial charge in [-0.2, -0.15) is 5.26 Å². The summed E-state index contributed by atoms with van der Waals surface area (Å²) in [6, 6.07) is 41.3. The fraction of sp³-hybridized carbons (Fsp3) is 0.208. The summed E-state index contributed by atoms with van der Waals surface area (Å²) in [7, 11) is 0. The molecule has 0 aliphatic rings. The topological polar surface area (TPSA) is 38.0 Å². The lowest BCUT2D eigenvalue weighted by Crippen LogP contribution is -2.10. The standard InChI is InChI=1S/C48H42N4/c1-29-14-12-15-30(2)45(29)52-41-19-11-10-17-35(41)39-26-34(27-40(46(39)52)36-18-13-16-31(28-49)44(36)50-9)51-42-22-20-32(47(3,4)5)24-37(42)38-25-33(48(6,7)8)21-23-43(38)51/h10-27H,1-8H3. The summed E-state index contributed by atoms with van der Waals surface area (Å²) in [4.78, 5) is 3.98. The quantitative estimate of drug-likeness (QED) is 0.172. The van der Waals surface area contributed by atoms with Gasteiger partial charge in [-0.15, -0.1) is 0 Å². The van der Waals surface area contributed by atoms with E-state index in [9.17, 15) is 5.26 Å². The molecule has 0 amide bonds. The monoisotopic (exact) mass is 674 g/mol. The van der Waals surface area contributed by atoms with Gasteiger partial charge >= 0.3 is 0 Å². The van der Waals surface area contributed by atoms with Gasteiger partial charge in [-0.1, -0.05) is 108 Å². The minimum atomic E-state index is -0.00617. The Hall–Kier alpha value is -6.10. The minimum Gasteiger partial charge on any atom is -0.309 e. The summed E-state index contributed by atoms with van der Waals surface area (Å²) in [5.41, 5.74) is 13.9. The van der Waals surface area contributed by atoms with Crippen molar-refractivity contribution in [1.82, 2.24) is 9.13 Å². The van der Waals surface area contributed by atoms with Crippen LogP contribution >= 0.6 is 0 Å². The van der Waals surface area contributed by atoms with Crippen LogP contribution in [0.5, 0.6) is 0 Å². The summed E-state index contributed by atoms with van der Waals surface area (Å²) in [5, 5.41) is 14.8. The molecule has 0 unspecified atom stereocenters. The van der Waals surface area contributed by atoms with E-state index in [0.29, 0.717) is 11.3 Å². The van der Waals surface area contributed by atoms with Crippen molar-refractivity contribution < 1.29 is 0 Å². The van der Waals surface area contributed by atoms with Gasteiger partial charge in [0.2, 0.25) is 5.69 Å². The molecule has 4 heteroatoms. The van der Waals surface area contributed by atoms with Crippen molar-refractivity contribution in [3.8, 4) is 28.6 Å². The number of nitrogens with zero attached hydrogens (tertiary/aromatic N) is 4. The molecule has 0 spiro atoms. The molecule has 8 rings (SSSR count). The molecule has 0 aliphatic carbocycles. The van der Waals surface area contributed by atoms with E-state index in [4.69, 9.17) is 6.57 Å². The maximum atomic E-state index is 10.2. The highest BCUT2D eigenvalue weighted by molar-refractivity contribution is 6.17. The Bertz CT molecular complexity index is 2760. The maximum absolute atomic E-state index is 10.2. The molecule has 0 saturated carbocycles. The number of hydrogen-bond acceptors (Lipinski definition) is 1. The van der Waals surface area contributed by atoms with Gasteiger partial charge in [-0.25, -0.2) is 4.85 Å². The fourth-order valence-corrected chi connectivity index (χ4v) is 8.01. The second kappa shape index (κ2) is 11.7. The van der Waals surface area contributed by atoms with Gasteiger partial charge in [0.25, 0.3) is 0 Å². The van der Waals surface area contributed by atoms with Crippen LogP contribution in [0.3, 0.4) is 0 Å². The van der Waals surface area contributed by atoms with Gasteiger partial charge in [0.15, 0.2) is 0 Å². The lowest BCUT2D eigenvalue weighted by atomic mass is 9.85. The van der Waals surface area contributed by atoms with E-state index < -0.39 is 0 Å². The molecule has 0 atom stereocenters. The molecule has 2 heterocycles. The molecule has 0 aliphatic heterocycles. The van der Waals surface area contributed by atoms with Gasteiger partial charge < -0.3 is 9.13 Å². The highest BCUT2D eigenvalue weighted by Crippen LogP contribution is 2.46. The van der Waals surface area contributed by atoms with Crippen LogP contribution in [0.2, 0.25) is 0 Å². The molecule has 2 aromatic heterocycles. The normalized spacial score (nSPS) is 12.2. The first-order valence-corrected chi connectivity index (χ1v) is 18.0. The summed E-state index contributed by atoms with van der Waals surface area (Å²) in [5.74, 6) is 0. The van der Waals surface area contributed by atoms with Gasteiger partial charge in [0.05, 0.1) is 46.0 Å². The lowest BCUT2D eigenvalue weighted by Gasteiger charge is -2.20. The van der Waals surface area contributed by atoms with E-state index in [1.807, 2.05) is 12.1 Å². The third-order valence-electron chi connectivity index (χ3n) is 10.7. The van der Waals surface area contributed by atoms with Gasteiger partial charge in [-0.05, 0) is 101 Å². The molecule has 6 aromatic carbocycles. The second-order valence-corrected chi connectivity index (χ2v) is 16.2. The molecular weight excluding hydrogens is 633 g/mol. The Kier molecular flexibility index (Phi) is 7.46. The first-order chi connectivity index (χ1) is 24.8. The SMILES string of the molecule is [C-]#[N+]c1c(C#N)cccc1-c1cc(-n2c3ccc(C(C)(C)C)cc3c3cc(C(C)(C)C)ccc32)cc2c3ccccc3n(-c3c(C)cccc3C)c12. The molecule has 0 saturated heterocycles. The van der Waals surface area contributed by atoms with Crippen molar-refractivity contribution in [1.29, 1.82) is 5.26 Å². The lowest BCUT2D eigenvalue weighted by molar-refractivity contribution is 0.590. The van der Waals surface area contributed by atoms with Crippen molar-refractivity contribution in [2.75, 3.05) is 0 Å². The number of aryl methyl sites for hydroxylation is 2. The van der Waals surface area contributed by atoms with E-state index in [1.54, 1.807) is 6.07 Å². The molecule has 0 fully saturated rings. The van der Waals surface area contributed by atoms with E-state index in [2.05, 4.69) is 166 Å². The van der Waals surface area contributed by atoms with Crippen LogP contribution in [-0.2, 0) is 10.8 Å².